The smallest absolute Gasteiger partial charge is 0.273 e. The Morgan fingerprint density at radius 2 is 2.03 bits per heavy atom. The number of alkyl halides is 2. The van der Waals surface area contributed by atoms with Crippen molar-refractivity contribution in [3.8, 4) is 0 Å². The average Bonchev–Trinajstić information content (AvgIpc) is 3.34. The molecule has 2 unspecified atom stereocenters. The Hall–Kier alpha value is -2.52. The molecule has 4 rings (SSSR count). The lowest BCUT2D eigenvalue weighted by Crippen LogP contribution is -2.45. The van der Waals surface area contributed by atoms with E-state index in [1.165, 1.54) is 12.1 Å². The molecule has 0 radical (unpaired) electrons. The van der Waals surface area contributed by atoms with Crippen molar-refractivity contribution in [3.05, 3.63) is 70.5 Å². The quantitative estimate of drug-likeness (QED) is 0.629. The third-order valence-electron chi connectivity index (χ3n) is 5.09. The molecule has 0 spiro atoms. The van der Waals surface area contributed by atoms with Gasteiger partial charge in [0.15, 0.2) is 5.60 Å². The van der Waals surface area contributed by atoms with Gasteiger partial charge in [-0.25, -0.2) is 17.9 Å². The number of pyridine rings is 1. The molecule has 2 aromatic heterocycles. The van der Waals surface area contributed by atoms with E-state index < -0.39 is 29.4 Å². The molecule has 1 aliphatic carbocycles. The number of aliphatic hydroxyl groups is 1. The third-order valence-corrected chi connectivity index (χ3v) is 5.33. The molecule has 2 atom stereocenters. The second-order valence-electron chi connectivity index (χ2n) is 7.18. The van der Waals surface area contributed by atoms with Gasteiger partial charge in [0.2, 0.25) is 0 Å². The van der Waals surface area contributed by atoms with Gasteiger partial charge in [0.05, 0.1) is 5.69 Å². The predicted octanol–water partition coefficient (Wildman–Crippen LogP) is 3.56. The monoisotopic (exact) mass is 423 g/mol. The molecule has 29 heavy (non-hydrogen) atoms. The van der Waals surface area contributed by atoms with Crippen LogP contribution in [0.4, 0.5) is 13.2 Å². The number of tetrazole rings is 1. The molecule has 152 valence electrons. The number of halogens is 4. The second kappa shape index (κ2) is 7.72. The maximum Gasteiger partial charge on any atom is 0.273 e. The summed E-state index contributed by atoms with van der Waals surface area (Å²) >= 11 is 5.75. The molecule has 0 amide bonds. The Balaban J connectivity index is 1.82. The van der Waals surface area contributed by atoms with Gasteiger partial charge in [-0.2, -0.15) is 0 Å². The first-order chi connectivity index (χ1) is 13.9. The number of hydrogen-bond donors (Lipinski definition) is 1. The molecular weight excluding hydrogens is 407 g/mol. The molecule has 1 fully saturated rings. The van der Waals surface area contributed by atoms with Crippen molar-refractivity contribution >= 4 is 11.6 Å². The fourth-order valence-electron chi connectivity index (χ4n) is 3.42. The Morgan fingerprint density at radius 3 is 2.59 bits per heavy atom. The molecule has 2 heterocycles. The van der Waals surface area contributed by atoms with Crippen LogP contribution in [0.25, 0.3) is 0 Å². The predicted molar refractivity (Wildman–Crippen MR) is 97.9 cm³/mol. The van der Waals surface area contributed by atoms with Crippen molar-refractivity contribution < 1.29 is 18.3 Å². The van der Waals surface area contributed by atoms with Crippen LogP contribution in [0.1, 0.15) is 35.7 Å². The number of aromatic nitrogens is 5. The van der Waals surface area contributed by atoms with Gasteiger partial charge in [-0.05, 0) is 59.4 Å². The van der Waals surface area contributed by atoms with E-state index in [9.17, 15) is 18.3 Å². The van der Waals surface area contributed by atoms with E-state index in [2.05, 4.69) is 20.5 Å². The van der Waals surface area contributed by atoms with E-state index in [-0.39, 0.29) is 10.7 Å². The van der Waals surface area contributed by atoms with Gasteiger partial charge in [0.1, 0.15) is 18.2 Å². The highest BCUT2D eigenvalue weighted by molar-refractivity contribution is 6.30. The summed E-state index contributed by atoms with van der Waals surface area (Å²) in [6, 6.07) is 4.86. The summed E-state index contributed by atoms with van der Waals surface area (Å²) in [4.78, 5) is 4.28. The summed E-state index contributed by atoms with van der Waals surface area (Å²) in [5.41, 5.74) is -2.57. The van der Waals surface area contributed by atoms with Gasteiger partial charge in [-0.15, -0.1) is 5.10 Å². The second-order valence-corrected chi connectivity index (χ2v) is 7.62. The zero-order valence-corrected chi connectivity index (χ0v) is 15.8. The van der Waals surface area contributed by atoms with Gasteiger partial charge >= 0.3 is 0 Å². The highest BCUT2D eigenvalue weighted by Crippen LogP contribution is 2.43. The summed E-state index contributed by atoms with van der Waals surface area (Å²) in [5, 5.41) is 21.8. The van der Waals surface area contributed by atoms with Crippen molar-refractivity contribution in [1.82, 2.24) is 25.2 Å². The minimum Gasteiger partial charge on any atom is -0.377 e. The van der Waals surface area contributed by atoms with E-state index >= 15 is 0 Å². The van der Waals surface area contributed by atoms with Crippen molar-refractivity contribution in [2.45, 2.75) is 37.3 Å². The number of rotatable bonds is 7. The van der Waals surface area contributed by atoms with Crippen molar-refractivity contribution in [1.29, 1.82) is 0 Å². The Kier molecular flexibility index (Phi) is 5.26. The molecule has 10 heteroatoms. The third kappa shape index (κ3) is 3.84. The number of hydrogen-bond acceptors (Lipinski definition) is 5. The fraction of sp³-hybridized carbons (Fsp3) is 0.368. The van der Waals surface area contributed by atoms with Crippen LogP contribution in [0, 0.1) is 11.7 Å². The molecule has 0 bridgehead atoms. The van der Waals surface area contributed by atoms with E-state index in [4.69, 9.17) is 11.6 Å². The number of benzene rings is 1. The first kappa shape index (κ1) is 19.8. The first-order valence-electron chi connectivity index (χ1n) is 9.03. The lowest BCUT2D eigenvalue weighted by atomic mass is 9.84. The fourth-order valence-corrected chi connectivity index (χ4v) is 3.58. The largest absolute Gasteiger partial charge is 0.377 e. The summed E-state index contributed by atoms with van der Waals surface area (Å²) in [6.45, 7) is 0. The Morgan fingerprint density at radius 1 is 1.24 bits per heavy atom. The van der Waals surface area contributed by atoms with Gasteiger partial charge in [-0.1, -0.05) is 23.7 Å². The minimum atomic E-state index is -3.37. The van der Waals surface area contributed by atoms with Gasteiger partial charge in [-0.3, -0.25) is 4.98 Å². The summed E-state index contributed by atoms with van der Waals surface area (Å²) in [7, 11) is 0. The average molecular weight is 424 g/mol. The summed E-state index contributed by atoms with van der Waals surface area (Å²) in [5.74, 6) is -0.442. The molecule has 1 aliphatic rings. The molecule has 6 nitrogen and oxygen atoms in total. The highest BCUT2D eigenvalue weighted by Gasteiger charge is 2.51. The molecule has 1 aromatic carbocycles. The highest BCUT2D eigenvalue weighted by atomic mass is 35.5. The van der Waals surface area contributed by atoms with E-state index in [0.717, 1.165) is 48.0 Å². The van der Waals surface area contributed by atoms with Crippen LogP contribution in [-0.4, -0.2) is 36.7 Å². The Bertz CT molecular complexity index is 982. The molecule has 1 saturated carbocycles. The standard InChI is InChI=1S/C19H17ClF3N5O/c20-13-4-5-14(15(21)8-13)19(29,18(22)23)17(28-10-25-26-27-28)16-6-3-12(9-24-16)7-11-1-2-11/h3-6,8-11,17-18,29H,1-2,7H2. The summed E-state index contributed by atoms with van der Waals surface area (Å²) < 4.78 is 44.1. The van der Waals surface area contributed by atoms with E-state index in [1.54, 1.807) is 12.3 Å². The maximum absolute atomic E-state index is 14.6. The lowest BCUT2D eigenvalue weighted by Gasteiger charge is -2.35. The summed E-state index contributed by atoms with van der Waals surface area (Å²) in [6.07, 6.45) is 2.46. The van der Waals surface area contributed by atoms with Gasteiger partial charge in [0.25, 0.3) is 6.43 Å². The van der Waals surface area contributed by atoms with Crippen LogP contribution in [0.2, 0.25) is 5.02 Å². The maximum atomic E-state index is 14.6. The van der Waals surface area contributed by atoms with Crippen LogP contribution >= 0.6 is 11.6 Å². The van der Waals surface area contributed by atoms with Crippen LogP contribution < -0.4 is 0 Å². The Labute approximate surface area is 169 Å². The zero-order chi connectivity index (χ0) is 20.6. The van der Waals surface area contributed by atoms with Crippen molar-refractivity contribution in [2.24, 2.45) is 5.92 Å². The molecule has 3 aromatic rings. The first-order valence-corrected chi connectivity index (χ1v) is 9.40. The number of nitrogens with zero attached hydrogens (tertiary/aromatic N) is 5. The molecule has 1 N–H and O–H groups in total. The van der Waals surface area contributed by atoms with Crippen molar-refractivity contribution in [2.75, 3.05) is 0 Å². The normalized spacial score (nSPS) is 17.3. The molecular formula is C19H17ClF3N5O. The van der Waals surface area contributed by atoms with Gasteiger partial charge < -0.3 is 5.11 Å². The SMILES string of the molecule is OC(c1ccc(Cl)cc1F)(C(F)F)C(c1ccc(CC2CC2)cn1)n1cnnn1. The van der Waals surface area contributed by atoms with E-state index in [1.807, 2.05) is 0 Å². The minimum absolute atomic E-state index is 0.0180. The van der Waals surface area contributed by atoms with Crippen molar-refractivity contribution in [3.63, 3.8) is 0 Å². The zero-order valence-electron chi connectivity index (χ0n) is 15.1. The van der Waals surface area contributed by atoms with Crippen LogP contribution in [-0.2, 0) is 12.0 Å². The van der Waals surface area contributed by atoms with Crippen LogP contribution in [0.15, 0.2) is 42.9 Å². The topological polar surface area (TPSA) is 76.7 Å². The lowest BCUT2D eigenvalue weighted by molar-refractivity contribution is -0.130. The van der Waals surface area contributed by atoms with Crippen LogP contribution in [0.5, 0.6) is 0 Å². The van der Waals surface area contributed by atoms with E-state index in [0.29, 0.717) is 5.92 Å². The van der Waals surface area contributed by atoms with Crippen LogP contribution in [0.3, 0.4) is 0 Å². The molecule has 0 aliphatic heterocycles. The van der Waals surface area contributed by atoms with Gasteiger partial charge in [0, 0.05) is 16.8 Å². The molecule has 0 saturated heterocycles.